The zero-order valence-electron chi connectivity index (χ0n) is 12.5. The molecule has 0 radical (unpaired) electrons. The SMILES string of the molecule is COC(=O)C(=O)NNC(=O)Cc1cn2cc(C3CC3)ccc2n1. The molecule has 3 rings (SSSR count). The number of pyridine rings is 1. The number of amides is 2. The third-order valence-corrected chi connectivity index (χ3v) is 3.60. The summed E-state index contributed by atoms with van der Waals surface area (Å²) in [7, 11) is 1.08. The first-order valence-corrected chi connectivity index (χ1v) is 7.21. The van der Waals surface area contributed by atoms with Gasteiger partial charge in [-0.2, -0.15) is 0 Å². The van der Waals surface area contributed by atoms with Gasteiger partial charge in [-0.1, -0.05) is 6.07 Å². The summed E-state index contributed by atoms with van der Waals surface area (Å²) in [5.74, 6) is -1.95. The summed E-state index contributed by atoms with van der Waals surface area (Å²) in [6.45, 7) is 0. The van der Waals surface area contributed by atoms with E-state index in [9.17, 15) is 14.4 Å². The van der Waals surface area contributed by atoms with Gasteiger partial charge in [-0.3, -0.25) is 20.4 Å². The maximum absolute atomic E-state index is 11.8. The zero-order chi connectivity index (χ0) is 16.4. The van der Waals surface area contributed by atoms with Crippen LogP contribution in [0.5, 0.6) is 0 Å². The number of esters is 1. The number of hydrazine groups is 1. The van der Waals surface area contributed by atoms with E-state index in [1.54, 1.807) is 6.20 Å². The first-order chi connectivity index (χ1) is 11.1. The molecule has 23 heavy (non-hydrogen) atoms. The van der Waals surface area contributed by atoms with Gasteiger partial charge in [0.15, 0.2) is 0 Å². The van der Waals surface area contributed by atoms with Crippen molar-refractivity contribution in [2.75, 3.05) is 7.11 Å². The molecule has 2 aromatic rings. The molecule has 2 amide bonds. The lowest BCUT2D eigenvalue weighted by molar-refractivity contribution is -0.153. The van der Waals surface area contributed by atoms with Gasteiger partial charge in [0.2, 0.25) is 5.91 Å². The minimum absolute atomic E-state index is 0.0120. The molecule has 1 fully saturated rings. The van der Waals surface area contributed by atoms with Crippen molar-refractivity contribution in [2.45, 2.75) is 25.2 Å². The van der Waals surface area contributed by atoms with Crippen LogP contribution < -0.4 is 10.9 Å². The number of methoxy groups -OCH3 is 1. The molecule has 0 spiro atoms. The minimum atomic E-state index is -1.08. The van der Waals surface area contributed by atoms with E-state index >= 15 is 0 Å². The van der Waals surface area contributed by atoms with Crippen LogP contribution in [0.4, 0.5) is 0 Å². The van der Waals surface area contributed by atoms with Crippen molar-refractivity contribution in [2.24, 2.45) is 0 Å². The van der Waals surface area contributed by atoms with Gasteiger partial charge >= 0.3 is 11.9 Å². The second kappa shape index (κ2) is 6.07. The summed E-state index contributed by atoms with van der Waals surface area (Å²) < 4.78 is 6.11. The van der Waals surface area contributed by atoms with Gasteiger partial charge in [0.1, 0.15) is 5.65 Å². The Kier molecular flexibility index (Phi) is 3.96. The van der Waals surface area contributed by atoms with E-state index in [4.69, 9.17) is 0 Å². The van der Waals surface area contributed by atoms with E-state index < -0.39 is 17.8 Å². The van der Waals surface area contributed by atoms with Crippen molar-refractivity contribution < 1.29 is 19.1 Å². The zero-order valence-corrected chi connectivity index (χ0v) is 12.5. The average Bonchev–Trinajstić information content (AvgIpc) is 3.32. The van der Waals surface area contributed by atoms with Crippen LogP contribution in [-0.2, 0) is 25.5 Å². The van der Waals surface area contributed by atoms with Crippen molar-refractivity contribution in [1.82, 2.24) is 20.2 Å². The summed E-state index contributed by atoms with van der Waals surface area (Å²) in [5.41, 5.74) is 6.72. The summed E-state index contributed by atoms with van der Waals surface area (Å²) >= 11 is 0. The number of nitrogens with one attached hydrogen (secondary N) is 2. The molecular weight excluding hydrogens is 300 g/mol. The Morgan fingerprint density at radius 1 is 1.26 bits per heavy atom. The van der Waals surface area contributed by atoms with E-state index in [0.29, 0.717) is 11.6 Å². The Bertz CT molecular complexity index is 779. The number of hydrogen-bond donors (Lipinski definition) is 2. The summed E-state index contributed by atoms with van der Waals surface area (Å²) in [6, 6.07) is 3.98. The first-order valence-electron chi connectivity index (χ1n) is 7.21. The lowest BCUT2D eigenvalue weighted by Crippen LogP contribution is -2.45. The molecule has 0 aromatic carbocycles. The van der Waals surface area contributed by atoms with Crippen LogP contribution in [0.25, 0.3) is 5.65 Å². The fourth-order valence-electron chi connectivity index (χ4n) is 2.28. The van der Waals surface area contributed by atoms with Crippen LogP contribution in [0.1, 0.15) is 30.0 Å². The highest BCUT2D eigenvalue weighted by atomic mass is 16.5. The first kappa shape index (κ1) is 15.0. The topological polar surface area (TPSA) is 102 Å². The van der Waals surface area contributed by atoms with Crippen LogP contribution >= 0.6 is 0 Å². The lowest BCUT2D eigenvalue weighted by Gasteiger charge is -2.04. The molecule has 2 aromatic heterocycles. The van der Waals surface area contributed by atoms with Gasteiger partial charge < -0.3 is 9.14 Å². The van der Waals surface area contributed by atoms with Crippen molar-refractivity contribution in [1.29, 1.82) is 0 Å². The number of aromatic nitrogens is 2. The van der Waals surface area contributed by atoms with E-state index in [1.165, 1.54) is 18.4 Å². The van der Waals surface area contributed by atoms with Crippen LogP contribution in [0.3, 0.4) is 0 Å². The van der Waals surface area contributed by atoms with Gasteiger partial charge in [0.25, 0.3) is 0 Å². The number of fused-ring (bicyclic) bond motifs is 1. The van der Waals surface area contributed by atoms with Gasteiger partial charge in [0, 0.05) is 12.4 Å². The monoisotopic (exact) mass is 316 g/mol. The second-order valence-corrected chi connectivity index (χ2v) is 5.41. The van der Waals surface area contributed by atoms with E-state index in [1.807, 2.05) is 22.1 Å². The molecule has 2 N–H and O–H groups in total. The third kappa shape index (κ3) is 3.47. The van der Waals surface area contributed by atoms with Gasteiger partial charge in [0.05, 0.1) is 19.2 Å². The summed E-state index contributed by atoms with van der Waals surface area (Å²) in [4.78, 5) is 38.2. The summed E-state index contributed by atoms with van der Waals surface area (Å²) in [6.07, 6.45) is 6.23. The molecule has 0 atom stereocenters. The molecule has 8 nitrogen and oxygen atoms in total. The van der Waals surface area contributed by atoms with E-state index in [0.717, 1.165) is 12.8 Å². The number of nitrogens with zero attached hydrogens (tertiary/aromatic N) is 2. The fourth-order valence-corrected chi connectivity index (χ4v) is 2.28. The standard InChI is InChI=1S/C15H16N4O4/c1-23-15(22)14(21)18-17-13(20)6-11-8-19-7-10(9-2-3-9)4-5-12(19)16-11/h4-5,7-9H,2-3,6H2,1H3,(H,17,20)(H,18,21). The third-order valence-electron chi connectivity index (χ3n) is 3.60. The molecule has 1 aliphatic rings. The predicted molar refractivity (Wildman–Crippen MR) is 79.2 cm³/mol. The molecule has 0 unspecified atom stereocenters. The van der Waals surface area contributed by atoms with Crippen molar-refractivity contribution in [3.8, 4) is 0 Å². The quantitative estimate of drug-likeness (QED) is 0.474. The van der Waals surface area contributed by atoms with Crippen LogP contribution in [0.15, 0.2) is 24.5 Å². The molecule has 0 aliphatic heterocycles. The Morgan fingerprint density at radius 2 is 2.04 bits per heavy atom. The normalized spacial score (nSPS) is 13.6. The Labute approximate surface area is 131 Å². The fraction of sp³-hybridized carbons (Fsp3) is 0.333. The number of imidazole rings is 1. The van der Waals surface area contributed by atoms with Crippen molar-refractivity contribution in [3.63, 3.8) is 0 Å². The number of ether oxygens (including phenoxy) is 1. The van der Waals surface area contributed by atoms with Gasteiger partial charge in [-0.25, -0.2) is 9.78 Å². The molecule has 1 saturated carbocycles. The lowest BCUT2D eigenvalue weighted by atomic mass is 10.2. The van der Waals surface area contributed by atoms with Gasteiger partial charge in [-0.15, -0.1) is 0 Å². The predicted octanol–water partition coefficient (Wildman–Crippen LogP) is 0.0746. The van der Waals surface area contributed by atoms with Crippen LogP contribution in [0, 0.1) is 0 Å². The Balaban J connectivity index is 1.61. The van der Waals surface area contributed by atoms with Crippen molar-refractivity contribution in [3.05, 3.63) is 35.8 Å². The number of rotatable bonds is 3. The molecular formula is C15H16N4O4. The highest BCUT2D eigenvalue weighted by Gasteiger charge is 2.23. The Hall–Kier alpha value is -2.90. The smallest absolute Gasteiger partial charge is 0.398 e. The van der Waals surface area contributed by atoms with Crippen LogP contribution in [0.2, 0.25) is 0 Å². The minimum Gasteiger partial charge on any atom is -0.462 e. The highest BCUT2D eigenvalue weighted by Crippen LogP contribution is 2.39. The molecule has 8 heteroatoms. The van der Waals surface area contributed by atoms with Gasteiger partial charge in [-0.05, 0) is 30.4 Å². The maximum Gasteiger partial charge on any atom is 0.398 e. The summed E-state index contributed by atoms with van der Waals surface area (Å²) in [5, 5.41) is 0. The molecule has 120 valence electrons. The number of carbonyl (C=O) groups is 3. The molecule has 0 saturated heterocycles. The average molecular weight is 316 g/mol. The highest BCUT2D eigenvalue weighted by molar-refractivity contribution is 6.32. The number of hydrogen-bond acceptors (Lipinski definition) is 5. The second-order valence-electron chi connectivity index (χ2n) is 5.41. The molecule has 2 heterocycles. The molecule has 0 bridgehead atoms. The Morgan fingerprint density at radius 3 is 2.74 bits per heavy atom. The van der Waals surface area contributed by atoms with Crippen LogP contribution in [-0.4, -0.2) is 34.3 Å². The molecule has 1 aliphatic carbocycles. The van der Waals surface area contributed by atoms with E-state index in [2.05, 4.69) is 21.2 Å². The van der Waals surface area contributed by atoms with Crippen molar-refractivity contribution >= 4 is 23.4 Å². The van der Waals surface area contributed by atoms with E-state index in [-0.39, 0.29) is 6.42 Å². The number of carbonyl (C=O) groups excluding carboxylic acids is 3. The largest absolute Gasteiger partial charge is 0.462 e. The maximum atomic E-state index is 11.8.